The van der Waals surface area contributed by atoms with Crippen LogP contribution in [0, 0.1) is 5.92 Å². The van der Waals surface area contributed by atoms with Gasteiger partial charge in [-0.2, -0.15) is 13.2 Å². The summed E-state index contributed by atoms with van der Waals surface area (Å²) in [5.41, 5.74) is 5.48. The van der Waals surface area contributed by atoms with Gasteiger partial charge in [-0.3, -0.25) is 4.79 Å². The van der Waals surface area contributed by atoms with Crippen LogP contribution < -0.4 is 11.1 Å². The van der Waals surface area contributed by atoms with Crippen molar-refractivity contribution >= 4 is 5.91 Å². The fourth-order valence-corrected chi connectivity index (χ4v) is 3.17. The van der Waals surface area contributed by atoms with Crippen molar-refractivity contribution in [1.29, 1.82) is 0 Å². The van der Waals surface area contributed by atoms with Crippen LogP contribution in [0.25, 0.3) is 0 Å². The SMILES string of the molecule is CC(C)[C@H](N)C(=O)NC1CCCC1c1ccccc1C(F)(F)F. The molecule has 2 rings (SSSR count). The van der Waals surface area contributed by atoms with Crippen molar-refractivity contribution in [2.45, 2.75) is 57.3 Å². The van der Waals surface area contributed by atoms with Crippen molar-refractivity contribution in [3.63, 3.8) is 0 Å². The highest BCUT2D eigenvalue weighted by molar-refractivity contribution is 5.82. The Morgan fingerprint density at radius 1 is 1.26 bits per heavy atom. The van der Waals surface area contributed by atoms with Gasteiger partial charge in [0.15, 0.2) is 0 Å². The highest BCUT2D eigenvalue weighted by atomic mass is 19.4. The second-order valence-electron chi connectivity index (χ2n) is 6.51. The zero-order valence-corrected chi connectivity index (χ0v) is 13.4. The molecule has 1 saturated carbocycles. The van der Waals surface area contributed by atoms with Gasteiger partial charge < -0.3 is 11.1 Å². The van der Waals surface area contributed by atoms with Crippen molar-refractivity contribution < 1.29 is 18.0 Å². The molecule has 3 atom stereocenters. The van der Waals surface area contributed by atoms with E-state index in [4.69, 9.17) is 5.73 Å². The summed E-state index contributed by atoms with van der Waals surface area (Å²) in [6.07, 6.45) is -2.29. The minimum absolute atomic E-state index is 0.0164. The number of rotatable bonds is 4. The number of carbonyl (C=O) groups excluding carboxylic acids is 1. The lowest BCUT2D eigenvalue weighted by Crippen LogP contribution is -2.48. The monoisotopic (exact) mass is 328 g/mol. The lowest BCUT2D eigenvalue weighted by Gasteiger charge is -2.26. The normalized spacial score (nSPS) is 23.1. The van der Waals surface area contributed by atoms with Gasteiger partial charge >= 0.3 is 6.18 Å². The summed E-state index contributed by atoms with van der Waals surface area (Å²) in [6.45, 7) is 3.69. The molecule has 1 aromatic carbocycles. The summed E-state index contributed by atoms with van der Waals surface area (Å²) in [7, 11) is 0. The second kappa shape index (κ2) is 6.91. The number of nitrogens with two attached hydrogens (primary N) is 1. The number of halogens is 3. The highest BCUT2D eigenvalue weighted by Gasteiger charge is 2.39. The molecule has 3 nitrogen and oxygen atoms in total. The summed E-state index contributed by atoms with van der Waals surface area (Å²) < 4.78 is 39.7. The van der Waals surface area contributed by atoms with Crippen LogP contribution in [0.3, 0.4) is 0 Å². The Morgan fingerprint density at radius 3 is 2.52 bits per heavy atom. The number of alkyl halides is 3. The third kappa shape index (κ3) is 4.05. The van der Waals surface area contributed by atoms with E-state index in [0.29, 0.717) is 12.8 Å². The standard InChI is InChI=1S/C17H23F3N2O/c1-10(2)15(21)16(23)22-14-9-5-7-12(14)11-6-3-4-8-13(11)17(18,19)20/h3-4,6,8,10,12,14-15H,5,7,9,21H2,1-2H3,(H,22,23)/t12?,14?,15-/m0/s1. The Hall–Kier alpha value is -1.56. The first-order chi connectivity index (χ1) is 10.7. The number of nitrogens with one attached hydrogen (secondary N) is 1. The van der Waals surface area contributed by atoms with Crippen LogP contribution in [-0.2, 0) is 11.0 Å². The molecule has 1 aliphatic carbocycles. The first kappa shape index (κ1) is 17.8. The molecule has 0 spiro atoms. The molecule has 128 valence electrons. The highest BCUT2D eigenvalue weighted by Crippen LogP contribution is 2.41. The molecule has 6 heteroatoms. The topological polar surface area (TPSA) is 55.1 Å². The molecule has 1 aliphatic rings. The predicted molar refractivity (Wildman–Crippen MR) is 82.8 cm³/mol. The van der Waals surface area contributed by atoms with Crippen LogP contribution in [0.2, 0.25) is 0 Å². The molecule has 1 amide bonds. The van der Waals surface area contributed by atoms with Crippen molar-refractivity contribution in [2.75, 3.05) is 0 Å². The van der Waals surface area contributed by atoms with Crippen molar-refractivity contribution in [2.24, 2.45) is 11.7 Å². The van der Waals surface area contributed by atoms with Crippen molar-refractivity contribution in [1.82, 2.24) is 5.32 Å². The largest absolute Gasteiger partial charge is 0.416 e. The van der Waals surface area contributed by atoms with E-state index in [1.54, 1.807) is 6.07 Å². The predicted octanol–water partition coefficient (Wildman–Crippen LogP) is 3.44. The quantitative estimate of drug-likeness (QED) is 0.889. The van der Waals surface area contributed by atoms with E-state index < -0.39 is 17.8 Å². The molecule has 1 aromatic rings. The second-order valence-corrected chi connectivity index (χ2v) is 6.51. The van der Waals surface area contributed by atoms with Gasteiger partial charge in [-0.15, -0.1) is 0 Å². The minimum atomic E-state index is -4.39. The van der Waals surface area contributed by atoms with Crippen molar-refractivity contribution in [3.05, 3.63) is 35.4 Å². The average Bonchev–Trinajstić information content (AvgIpc) is 2.93. The minimum Gasteiger partial charge on any atom is -0.351 e. The van der Waals surface area contributed by atoms with E-state index in [1.807, 2.05) is 13.8 Å². The van der Waals surface area contributed by atoms with Gasteiger partial charge in [0, 0.05) is 12.0 Å². The summed E-state index contributed by atoms with van der Waals surface area (Å²) in [5, 5.41) is 2.86. The van der Waals surface area contributed by atoms with Crippen molar-refractivity contribution in [3.8, 4) is 0 Å². The molecular formula is C17H23F3N2O. The first-order valence-corrected chi connectivity index (χ1v) is 7.94. The number of amides is 1. The van der Waals surface area contributed by atoms with E-state index >= 15 is 0 Å². The first-order valence-electron chi connectivity index (χ1n) is 7.94. The van der Waals surface area contributed by atoms with Crippen LogP contribution in [0.1, 0.15) is 50.2 Å². The Kier molecular flexibility index (Phi) is 5.34. The van der Waals surface area contributed by atoms with Crippen LogP contribution in [0.15, 0.2) is 24.3 Å². The number of carbonyl (C=O) groups is 1. The van der Waals surface area contributed by atoms with Crippen LogP contribution in [-0.4, -0.2) is 18.0 Å². The van der Waals surface area contributed by atoms with Gasteiger partial charge in [-0.05, 0) is 30.4 Å². The fraction of sp³-hybridized carbons (Fsp3) is 0.588. The van der Waals surface area contributed by atoms with Crippen LogP contribution in [0.4, 0.5) is 13.2 Å². The van der Waals surface area contributed by atoms with Gasteiger partial charge in [0.2, 0.25) is 5.91 Å². The van der Waals surface area contributed by atoms with E-state index in [9.17, 15) is 18.0 Å². The molecule has 0 aromatic heterocycles. The Bertz CT molecular complexity index is 557. The van der Waals surface area contributed by atoms with E-state index in [1.165, 1.54) is 12.1 Å². The number of benzene rings is 1. The Labute approximate surface area is 134 Å². The Morgan fingerprint density at radius 2 is 1.91 bits per heavy atom. The molecular weight excluding hydrogens is 305 g/mol. The van der Waals surface area contributed by atoms with Gasteiger partial charge in [-0.25, -0.2) is 0 Å². The maximum atomic E-state index is 13.2. The summed E-state index contributed by atoms with van der Waals surface area (Å²) >= 11 is 0. The van der Waals surface area contributed by atoms with Crippen LogP contribution >= 0.6 is 0 Å². The molecule has 0 heterocycles. The average molecular weight is 328 g/mol. The third-order valence-corrected chi connectivity index (χ3v) is 4.53. The zero-order valence-electron chi connectivity index (χ0n) is 13.4. The van der Waals surface area contributed by atoms with Gasteiger partial charge in [0.1, 0.15) is 0 Å². The molecule has 0 saturated heterocycles. The lowest BCUT2D eigenvalue weighted by atomic mass is 9.89. The van der Waals surface area contributed by atoms with E-state index in [0.717, 1.165) is 12.5 Å². The summed E-state index contributed by atoms with van der Waals surface area (Å²) in [5.74, 6) is -0.630. The zero-order chi connectivity index (χ0) is 17.2. The van der Waals surface area contributed by atoms with Crippen LogP contribution in [0.5, 0.6) is 0 Å². The lowest BCUT2D eigenvalue weighted by molar-refractivity contribution is -0.138. The summed E-state index contributed by atoms with van der Waals surface area (Å²) in [4.78, 5) is 12.1. The Balaban J connectivity index is 2.22. The smallest absolute Gasteiger partial charge is 0.351 e. The molecule has 23 heavy (non-hydrogen) atoms. The maximum absolute atomic E-state index is 13.2. The maximum Gasteiger partial charge on any atom is 0.416 e. The molecule has 2 unspecified atom stereocenters. The third-order valence-electron chi connectivity index (χ3n) is 4.53. The molecule has 0 bridgehead atoms. The van der Waals surface area contributed by atoms with Gasteiger partial charge in [0.25, 0.3) is 0 Å². The number of hydrogen-bond donors (Lipinski definition) is 2. The van der Waals surface area contributed by atoms with Gasteiger partial charge in [0.05, 0.1) is 11.6 Å². The van der Waals surface area contributed by atoms with E-state index in [2.05, 4.69) is 5.32 Å². The van der Waals surface area contributed by atoms with E-state index in [-0.39, 0.29) is 29.3 Å². The molecule has 0 radical (unpaired) electrons. The molecule has 1 fully saturated rings. The molecule has 3 N–H and O–H groups in total. The number of hydrogen-bond acceptors (Lipinski definition) is 2. The summed E-state index contributed by atoms with van der Waals surface area (Å²) in [6, 6.07) is 4.68. The van der Waals surface area contributed by atoms with Gasteiger partial charge in [-0.1, -0.05) is 38.5 Å². The fourth-order valence-electron chi connectivity index (χ4n) is 3.17. The molecule has 0 aliphatic heterocycles.